The molecule has 6 heteroatoms. The fourth-order valence-corrected chi connectivity index (χ4v) is 1.38. The van der Waals surface area contributed by atoms with Crippen LogP contribution in [0.4, 0.5) is 0 Å². The van der Waals surface area contributed by atoms with Crippen molar-refractivity contribution in [1.82, 2.24) is 9.38 Å². The maximum Gasteiger partial charge on any atom is 0.354 e. The number of aromatic nitrogens is 2. The quantitative estimate of drug-likeness (QED) is 0.781. The molecule has 2 rings (SSSR count). The van der Waals surface area contributed by atoms with Gasteiger partial charge in [0.25, 0.3) is 0 Å². The topological polar surface area (TPSA) is 73.1 Å². The fourth-order valence-electron chi connectivity index (χ4n) is 1.38. The number of ether oxygens (including phenoxy) is 2. The normalized spacial score (nSPS) is 10.6. The Hall–Kier alpha value is -2.08. The molecule has 0 unspecified atom stereocenters. The number of hydrogen-bond donors (Lipinski definition) is 1. The zero-order chi connectivity index (χ0) is 11.5. The van der Waals surface area contributed by atoms with Crippen molar-refractivity contribution >= 4 is 11.6 Å². The van der Waals surface area contributed by atoms with E-state index >= 15 is 0 Å². The van der Waals surface area contributed by atoms with Crippen LogP contribution in [0.1, 0.15) is 10.5 Å². The second-order valence-corrected chi connectivity index (χ2v) is 3.07. The summed E-state index contributed by atoms with van der Waals surface area (Å²) in [6, 6.07) is 3.39. The van der Waals surface area contributed by atoms with Crippen LogP contribution in [0.5, 0.6) is 5.75 Å². The number of nitrogens with zero attached hydrogens (tertiary/aromatic N) is 2. The minimum Gasteiger partial charge on any atom is -0.477 e. The first-order valence-corrected chi connectivity index (χ1v) is 4.55. The van der Waals surface area contributed by atoms with Gasteiger partial charge in [0.2, 0.25) is 0 Å². The first kappa shape index (κ1) is 10.4. The highest BCUT2D eigenvalue weighted by atomic mass is 16.7. The van der Waals surface area contributed by atoms with Crippen LogP contribution in [-0.4, -0.2) is 34.4 Å². The summed E-state index contributed by atoms with van der Waals surface area (Å²) >= 11 is 0. The Morgan fingerprint density at radius 1 is 1.62 bits per heavy atom. The van der Waals surface area contributed by atoms with Crippen LogP contribution in [0.2, 0.25) is 0 Å². The van der Waals surface area contributed by atoms with Crippen molar-refractivity contribution in [3.05, 3.63) is 30.2 Å². The van der Waals surface area contributed by atoms with E-state index in [0.29, 0.717) is 11.4 Å². The molecule has 0 saturated carbocycles. The molecule has 0 fully saturated rings. The molecule has 0 aliphatic rings. The molecule has 2 aromatic heterocycles. The van der Waals surface area contributed by atoms with E-state index in [0.717, 1.165) is 0 Å². The molecule has 84 valence electrons. The Kier molecular flexibility index (Phi) is 2.74. The Labute approximate surface area is 91.0 Å². The SMILES string of the molecule is COCOc1cccn2c(C(=O)O)cnc12. The Bertz CT molecular complexity index is 521. The molecule has 2 heterocycles. The van der Waals surface area contributed by atoms with Gasteiger partial charge in [0.05, 0.1) is 6.20 Å². The zero-order valence-electron chi connectivity index (χ0n) is 8.58. The van der Waals surface area contributed by atoms with Crippen molar-refractivity contribution in [2.75, 3.05) is 13.9 Å². The summed E-state index contributed by atoms with van der Waals surface area (Å²) in [5, 5.41) is 8.91. The first-order valence-electron chi connectivity index (χ1n) is 4.55. The van der Waals surface area contributed by atoms with Gasteiger partial charge in [-0.1, -0.05) is 0 Å². The van der Waals surface area contributed by atoms with Gasteiger partial charge in [-0.25, -0.2) is 9.78 Å². The first-order chi connectivity index (χ1) is 7.74. The zero-order valence-corrected chi connectivity index (χ0v) is 8.58. The largest absolute Gasteiger partial charge is 0.477 e. The average Bonchev–Trinajstić information content (AvgIpc) is 2.70. The second kappa shape index (κ2) is 4.19. The molecule has 0 aliphatic carbocycles. The Morgan fingerprint density at radius 2 is 2.44 bits per heavy atom. The molecule has 0 radical (unpaired) electrons. The number of imidazole rings is 1. The third-order valence-electron chi connectivity index (χ3n) is 2.05. The molecule has 0 atom stereocenters. The number of methoxy groups -OCH3 is 1. The molecule has 0 aromatic carbocycles. The second-order valence-electron chi connectivity index (χ2n) is 3.07. The van der Waals surface area contributed by atoms with Gasteiger partial charge < -0.3 is 14.6 Å². The minimum absolute atomic E-state index is 0.0922. The van der Waals surface area contributed by atoms with E-state index < -0.39 is 5.97 Å². The number of carboxylic acid groups (broad SMARTS) is 1. The number of aromatic carboxylic acids is 1. The molecule has 1 N–H and O–H groups in total. The van der Waals surface area contributed by atoms with Crippen LogP contribution >= 0.6 is 0 Å². The Morgan fingerprint density at radius 3 is 3.12 bits per heavy atom. The van der Waals surface area contributed by atoms with E-state index in [1.807, 2.05) is 0 Å². The van der Waals surface area contributed by atoms with Gasteiger partial charge >= 0.3 is 5.97 Å². The molecule has 0 amide bonds. The van der Waals surface area contributed by atoms with Gasteiger partial charge in [0, 0.05) is 13.3 Å². The predicted molar refractivity (Wildman–Crippen MR) is 54.7 cm³/mol. The van der Waals surface area contributed by atoms with Crippen molar-refractivity contribution in [3.63, 3.8) is 0 Å². The monoisotopic (exact) mass is 222 g/mol. The lowest BCUT2D eigenvalue weighted by atomic mass is 10.4. The lowest BCUT2D eigenvalue weighted by Gasteiger charge is -2.05. The molecule has 0 spiro atoms. The van der Waals surface area contributed by atoms with Crippen LogP contribution in [0.25, 0.3) is 5.65 Å². The van der Waals surface area contributed by atoms with E-state index in [2.05, 4.69) is 4.98 Å². The van der Waals surface area contributed by atoms with Gasteiger partial charge in [0.15, 0.2) is 23.9 Å². The van der Waals surface area contributed by atoms with Gasteiger partial charge in [-0.3, -0.25) is 4.40 Å². The fraction of sp³-hybridized carbons (Fsp3) is 0.200. The van der Waals surface area contributed by atoms with Gasteiger partial charge in [0.1, 0.15) is 0 Å². The standard InChI is InChI=1S/C10H10N2O4/c1-15-6-16-8-3-2-4-12-7(10(13)14)5-11-9(8)12/h2-5H,6H2,1H3,(H,13,14). The summed E-state index contributed by atoms with van der Waals surface area (Å²) in [4.78, 5) is 14.9. The van der Waals surface area contributed by atoms with E-state index in [1.165, 1.54) is 17.7 Å². The van der Waals surface area contributed by atoms with Gasteiger partial charge in [-0.2, -0.15) is 0 Å². The van der Waals surface area contributed by atoms with Gasteiger partial charge in [-0.05, 0) is 12.1 Å². The number of carboxylic acids is 1. The number of rotatable bonds is 4. The lowest BCUT2D eigenvalue weighted by molar-refractivity contribution is 0.0518. The Balaban J connectivity index is 2.49. The summed E-state index contributed by atoms with van der Waals surface area (Å²) in [6.45, 7) is 0.0922. The predicted octanol–water partition coefficient (Wildman–Crippen LogP) is 1.02. The van der Waals surface area contributed by atoms with Crippen LogP contribution in [0.3, 0.4) is 0 Å². The molecule has 0 aliphatic heterocycles. The number of fused-ring (bicyclic) bond motifs is 1. The molecule has 0 bridgehead atoms. The highest BCUT2D eigenvalue weighted by molar-refractivity contribution is 5.87. The summed E-state index contributed by atoms with van der Waals surface area (Å²) in [5.74, 6) is -0.548. The molecular weight excluding hydrogens is 212 g/mol. The van der Waals surface area contributed by atoms with E-state index in [1.54, 1.807) is 18.3 Å². The molecule has 6 nitrogen and oxygen atoms in total. The van der Waals surface area contributed by atoms with E-state index in [9.17, 15) is 4.79 Å². The van der Waals surface area contributed by atoms with Crippen molar-refractivity contribution < 1.29 is 19.4 Å². The summed E-state index contributed by atoms with van der Waals surface area (Å²) in [5.41, 5.74) is 0.551. The lowest BCUT2D eigenvalue weighted by Crippen LogP contribution is -2.03. The highest BCUT2D eigenvalue weighted by Gasteiger charge is 2.12. The van der Waals surface area contributed by atoms with Gasteiger partial charge in [-0.15, -0.1) is 0 Å². The van der Waals surface area contributed by atoms with E-state index in [4.69, 9.17) is 14.6 Å². The van der Waals surface area contributed by atoms with Crippen LogP contribution in [-0.2, 0) is 4.74 Å². The molecule has 2 aromatic rings. The van der Waals surface area contributed by atoms with Crippen molar-refractivity contribution in [2.45, 2.75) is 0 Å². The molecular formula is C10H10N2O4. The van der Waals surface area contributed by atoms with Crippen LogP contribution < -0.4 is 4.74 Å². The average molecular weight is 222 g/mol. The van der Waals surface area contributed by atoms with Crippen molar-refractivity contribution in [3.8, 4) is 5.75 Å². The van der Waals surface area contributed by atoms with Crippen LogP contribution in [0, 0.1) is 0 Å². The maximum atomic E-state index is 10.9. The smallest absolute Gasteiger partial charge is 0.354 e. The van der Waals surface area contributed by atoms with Crippen molar-refractivity contribution in [1.29, 1.82) is 0 Å². The molecule has 16 heavy (non-hydrogen) atoms. The highest BCUT2D eigenvalue weighted by Crippen LogP contribution is 2.19. The summed E-state index contributed by atoms with van der Waals surface area (Å²) < 4.78 is 11.5. The molecule has 0 saturated heterocycles. The van der Waals surface area contributed by atoms with Crippen LogP contribution in [0.15, 0.2) is 24.5 Å². The minimum atomic E-state index is -1.03. The number of hydrogen-bond acceptors (Lipinski definition) is 4. The third-order valence-corrected chi connectivity index (χ3v) is 2.05. The summed E-state index contributed by atoms with van der Waals surface area (Å²) in [7, 11) is 1.51. The summed E-state index contributed by atoms with van der Waals surface area (Å²) in [6.07, 6.45) is 2.91. The number of pyridine rings is 1. The van der Waals surface area contributed by atoms with E-state index in [-0.39, 0.29) is 12.5 Å². The third kappa shape index (κ3) is 1.70. The maximum absolute atomic E-state index is 10.9. The van der Waals surface area contributed by atoms with Crippen molar-refractivity contribution in [2.24, 2.45) is 0 Å². The number of carbonyl (C=O) groups is 1.